The topological polar surface area (TPSA) is 77.0 Å². The predicted molar refractivity (Wildman–Crippen MR) is 103 cm³/mol. The highest BCUT2D eigenvalue weighted by Crippen LogP contribution is 2.29. The van der Waals surface area contributed by atoms with Crippen molar-refractivity contribution in [1.82, 2.24) is 5.32 Å². The average Bonchev–Trinajstić information content (AvgIpc) is 2.66. The van der Waals surface area contributed by atoms with Crippen LogP contribution in [0.2, 0.25) is 0 Å². The number of nitrogens with zero attached hydrogens (tertiary/aromatic N) is 1. The number of carbonyl (C=O) groups excluding carboxylic acids is 2. The van der Waals surface area contributed by atoms with Gasteiger partial charge in [-0.25, -0.2) is 4.99 Å². The summed E-state index contributed by atoms with van der Waals surface area (Å²) in [5.41, 5.74) is 2.96. The molecule has 0 bridgehead atoms. The van der Waals surface area contributed by atoms with Crippen LogP contribution in [0.3, 0.4) is 0 Å². The van der Waals surface area contributed by atoms with E-state index >= 15 is 0 Å². The van der Waals surface area contributed by atoms with Gasteiger partial charge in [0.25, 0.3) is 11.8 Å². The lowest BCUT2D eigenvalue weighted by Crippen LogP contribution is -2.35. The number of carbonyl (C=O) groups is 2. The second kappa shape index (κ2) is 8.03. The molecular weight excluding hydrogens is 344 g/mol. The van der Waals surface area contributed by atoms with Crippen molar-refractivity contribution in [3.8, 4) is 11.5 Å². The van der Waals surface area contributed by atoms with Gasteiger partial charge < -0.3 is 14.8 Å². The maximum Gasteiger partial charge on any atom is 0.284 e. The molecule has 0 saturated carbocycles. The summed E-state index contributed by atoms with van der Waals surface area (Å²) in [5, 5.41) is 2.85. The van der Waals surface area contributed by atoms with Gasteiger partial charge in [0.1, 0.15) is 11.5 Å². The molecule has 140 valence electrons. The first-order valence-electron chi connectivity index (χ1n) is 8.83. The number of hydrogen-bond acceptors (Lipinski definition) is 4. The quantitative estimate of drug-likeness (QED) is 0.869. The lowest BCUT2D eigenvalue weighted by atomic mass is 9.85. The summed E-state index contributed by atoms with van der Waals surface area (Å²) in [6, 6.07) is 7.06. The molecule has 1 heterocycles. The van der Waals surface area contributed by atoms with Gasteiger partial charge >= 0.3 is 0 Å². The third kappa shape index (κ3) is 4.34. The van der Waals surface area contributed by atoms with Crippen molar-refractivity contribution in [3.05, 3.63) is 59.3 Å². The van der Waals surface area contributed by atoms with Gasteiger partial charge in [-0.3, -0.25) is 9.59 Å². The van der Waals surface area contributed by atoms with E-state index in [0.717, 1.165) is 22.6 Å². The smallest absolute Gasteiger partial charge is 0.284 e. The summed E-state index contributed by atoms with van der Waals surface area (Å²) in [5.74, 6) is 0.829. The van der Waals surface area contributed by atoms with Gasteiger partial charge in [-0.1, -0.05) is 11.6 Å². The van der Waals surface area contributed by atoms with Gasteiger partial charge in [0.15, 0.2) is 6.61 Å². The van der Waals surface area contributed by atoms with Crippen LogP contribution in [0.5, 0.6) is 11.5 Å². The van der Waals surface area contributed by atoms with E-state index < -0.39 is 5.91 Å². The van der Waals surface area contributed by atoms with Crippen LogP contribution in [0.4, 0.5) is 0 Å². The number of rotatable bonds is 5. The largest absolute Gasteiger partial charge is 0.494 e. The fraction of sp³-hybridized carbons (Fsp3) is 0.286. The number of ether oxygens (including phenoxy) is 2. The zero-order chi connectivity index (χ0) is 19.4. The number of aliphatic imine (C=N–C) groups is 1. The van der Waals surface area contributed by atoms with E-state index in [1.165, 1.54) is 0 Å². The van der Waals surface area contributed by atoms with Crippen LogP contribution in [0, 0.1) is 5.92 Å². The summed E-state index contributed by atoms with van der Waals surface area (Å²) in [6.45, 7) is 6.09. The van der Waals surface area contributed by atoms with Gasteiger partial charge in [0, 0.05) is 17.2 Å². The Morgan fingerprint density at radius 3 is 2.48 bits per heavy atom. The van der Waals surface area contributed by atoms with Crippen molar-refractivity contribution in [2.45, 2.75) is 20.8 Å². The molecule has 1 aliphatic carbocycles. The van der Waals surface area contributed by atoms with E-state index in [9.17, 15) is 9.59 Å². The third-order valence-corrected chi connectivity index (χ3v) is 4.51. The summed E-state index contributed by atoms with van der Waals surface area (Å²) in [6.07, 6.45) is 5.46. The molecule has 2 aliphatic rings. The zero-order valence-electron chi connectivity index (χ0n) is 15.6. The zero-order valence-corrected chi connectivity index (χ0v) is 15.6. The Balaban J connectivity index is 1.62. The highest BCUT2D eigenvalue weighted by molar-refractivity contribution is 6.11. The molecule has 0 aromatic heterocycles. The Kier molecular flexibility index (Phi) is 5.54. The Bertz CT molecular complexity index is 876. The summed E-state index contributed by atoms with van der Waals surface area (Å²) in [4.78, 5) is 28.1. The molecule has 0 radical (unpaired) electrons. The standard InChI is InChI=1S/C21H22N2O4/c1-4-26-16-6-8-17(9-7-16)27-12-20(24)22-15-5-10-18-13(2)14(3)21(25)23-19(18)11-15/h5-11,18H,4,12H2,1-3H3,(H,23,25). The Labute approximate surface area is 158 Å². The molecule has 1 N–H and O–H groups in total. The van der Waals surface area contributed by atoms with E-state index in [1.54, 1.807) is 43.3 Å². The van der Waals surface area contributed by atoms with Gasteiger partial charge in [0.05, 0.1) is 12.3 Å². The summed E-state index contributed by atoms with van der Waals surface area (Å²) < 4.78 is 10.8. The van der Waals surface area contributed by atoms with Gasteiger partial charge in [-0.05, 0) is 57.2 Å². The lowest BCUT2D eigenvalue weighted by molar-refractivity contribution is -0.119. The van der Waals surface area contributed by atoms with Crippen molar-refractivity contribution in [2.75, 3.05) is 13.2 Å². The molecule has 3 rings (SSSR count). The fourth-order valence-corrected chi connectivity index (χ4v) is 2.91. The maximum absolute atomic E-state index is 12.1. The third-order valence-electron chi connectivity index (χ3n) is 4.51. The van der Waals surface area contributed by atoms with Crippen molar-refractivity contribution in [2.24, 2.45) is 10.9 Å². The molecule has 6 nitrogen and oxygen atoms in total. The number of nitrogens with one attached hydrogen (secondary N) is 1. The highest BCUT2D eigenvalue weighted by atomic mass is 16.5. The minimum atomic E-state index is -0.399. The molecular formula is C21H22N2O4. The van der Waals surface area contributed by atoms with Crippen LogP contribution < -0.4 is 14.8 Å². The first-order chi connectivity index (χ1) is 13.0. The lowest BCUT2D eigenvalue weighted by Gasteiger charge is -2.28. The number of benzene rings is 1. The van der Waals surface area contributed by atoms with Crippen LogP contribution in [0.1, 0.15) is 20.8 Å². The molecule has 27 heavy (non-hydrogen) atoms. The van der Waals surface area contributed by atoms with Crippen LogP contribution in [0.25, 0.3) is 0 Å². The normalized spacial score (nSPS) is 20.1. The molecule has 0 saturated heterocycles. The SMILES string of the molecule is CCOc1ccc(OCC(=O)N=C2C=CC3C(=C2)NC(=O)C(C)=C3C)cc1. The second-order valence-corrected chi connectivity index (χ2v) is 6.32. The molecule has 0 spiro atoms. The molecule has 6 heteroatoms. The number of hydrogen-bond donors (Lipinski definition) is 1. The van der Waals surface area contributed by atoms with Crippen LogP contribution >= 0.6 is 0 Å². The van der Waals surface area contributed by atoms with Gasteiger partial charge in [0.2, 0.25) is 0 Å². The molecule has 1 unspecified atom stereocenters. The summed E-state index contributed by atoms with van der Waals surface area (Å²) >= 11 is 0. The molecule has 1 atom stereocenters. The number of fused-ring (bicyclic) bond motifs is 1. The average molecular weight is 366 g/mol. The van der Waals surface area contributed by atoms with Gasteiger partial charge in [-0.2, -0.15) is 0 Å². The van der Waals surface area contributed by atoms with Gasteiger partial charge in [-0.15, -0.1) is 0 Å². The van der Waals surface area contributed by atoms with E-state index in [4.69, 9.17) is 9.47 Å². The Morgan fingerprint density at radius 1 is 1.15 bits per heavy atom. The second-order valence-electron chi connectivity index (χ2n) is 6.32. The Morgan fingerprint density at radius 2 is 1.81 bits per heavy atom. The van der Waals surface area contributed by atoms with E-state index in [0.29, 0.717) is 18.1 Å². The van der Waals surface area contributed by atoms with E-state index in [2.05, 4.69) is 10.3 Å². The molecule has 0 fully saturated rings. The monoisotopic (exact) mass is 366 g/mol. The minimum Gasteiger partial charge on any atom is -0.494 e. The van der Waals surface area contributed by atoms with Crippen LogP contribution in [-0.4, -0.2) is 30.7 Å². The van der Waals surface area contributed by atoms with Crippen molar-refractivity contribution >= 4 is 17.5 Å². The molecule has 2 amide bonds. The fourth-order valence-electron chi connectivity index (χ4n) is 2.91. The number of allylic oxidation sites excluding steroid dienone is 3. The van der Waals surface area contributed by atoms with Crippen molar-refractivity contribution in [1.29, 1.82) is 0 Å². The maximum atomic E-state index is 12.1. The minimum absolute atomic E-state index is 0.0249. The highest BCUT2D eigenvalue weighted by Gasteiger charge is 2.27. The molecule has 1 aromatic rings. The summed E-state index contributed by atoms with van der Waals surface area (Å²) in [7, 11) is 0. The van der Waals surface area contributed by atoms with Crippen molar-refractivity contribution < 1.29 is 19.1 Å². The van der Waals surface area contributed by atoms with E-state index in [-0.39, 0.29) is 18.4 Å². The first kappa shape index (κ1) is 18.6. The number of amides is 2. The van der Waals surface area contributed by atoms with Crippen molar-refractivity contribution in [3.63, 3.8) is 0 Å². The molecule has 1 aromatic carbocycles. The van der Waals surface area contributed by atoms with Crippen LogP contribution in [-0.2, 0) is 9.59 Å². The molecule has 1 aliphatic heterocycles. The van der Waals surface area contributed by atoms with Crippen LogP contribution in [0.15, 0.2) is 64.3 Å². The predicted octanol–water partition coefficient (Wildman–Crippen LogP) is 2.97. The first-order valence-corrected chi connectivity index (χ1v) is 8.83. The van der Waals surface area contributed by atoms with E-state index in [1.807, 2.05) is 19.9 Å². The Hall–Kier alpha value is -3.15.